The fourth-order valence-electron chi connectivity index (χ4n) is 3.14. The maximum absolute atomic E-state index is 12.4. The summed E-state index contributed by atoms with van der Waals surface area (Å²) in [5.41, 5.74) is 1.35. The van der Waals surface area contributed by atoms with Crippen LogP contribution < -0.4 is 0 Å². The number of nitrogens with zero attached hydrogens (tertiary/aromatic N) is 6. The summed E-state index contributed by atoms with van der Waals surface area (Å²) >= 11 is 0. The fraction of sp³-hybridized carbons (Fsp3) is 0.333. The molecule has 3 aromatic rings. The Labute approximate surface area is 150 Å². The molecule has 0 radical (unpaired) electrons. The van der Waals surface area contributed by atoms with Crippen LogP contribution in [-0.4, -0.2) is 49.0 Å². The summed E-state index contributed by atoms with van der Waals surface area (Å²) in [5, 5.41) is 4.04. The summed E-state index contributed by atoms with van der Waals surface area (Å²) in [6.45, 7) is 1.49. The molecule has 8 heteroatoms. The number of aromatic nitrogens is 5. The number of hydrogen-bond donors (Lipinski definition) is 0. The van der Waals surface area contributed by atoms with Crippen LogP contribution in [0.2, 0.25) is 0 Å². The van der Waals surface area contributed by atoms with Crippen LogP contribution in [0.15, 0.2) is 47.8 Å². The third kappa shape index (κ3) is 3.58. The zero-order valence-corrected chi connectivity index (χ0v) is 14.2. The van der Waals surface area contributed by atoms with Gasteiger partial charge in [0.1, 0.15) is 6.33 Å². The molecule has 0 aliphatic carbocycles. The highest BCUT2D eigenvalue weighted by Crippen LogP contribution is 2.23. The second-order valence-corrected chi connectivity index (χ2v) is 6.33. The van der Waals surface area contributed by atoms with Crippen molar-refractivity contribution in [2.75, 3.05) is 13.1 Å². The Morgan fingerprint density at radius 3 is 2.92 bits per heavy atom. The van der Waals surface area contributed by atoms with E-state index >= 15 is 0 Å². The number of rotatable bonds is 5. The van der Waals surface area contributed by atoms with E-state index in [1.54, 1.807) is 24.8 Å². The van der Waals surface area contributed by atoms with Crippen LogP contribution >= 0.6 is 0 Å². The van der Waals surface area contributed by atoms with Gasteiger partial charge in [0.05, 0.1) is 11.1 Å². The minimum atomic E-state index is -0.00785. The molecule has 1 saturated heterocycles. The molecule has 0 spiro atoms. The smallest absolute Gasteiger partial charge is 0.259 e. The van der Waals surface area contributed by atoms with E-state index in [9.17, 15) is 4.79 Å². The monoisotopic (exact) mass is 350 g/mol. The van der Waals surface area contributed by atoms with Gasteiger partial charge in [-0.3, -0.25) is 9.78 Å². The minimum absolute atomic E-state index is 0.00785. The van der Waals surface area contributed by atoms with E-state index < -0.39 is 0 Å². The molecular formula is C18H18N6O2. The zero-order valence-electron chi connectivity index (χ0n) is 14.2. The first-order valence-electron chi connectivity index (χ1n) is 8.57. The molecule has 1 aliphatic rings. The molecule has 0 aromatic carbocycles. The molecule has 1 unspecified atom stereocenters. The number of aryl methyl sites for hydroxylation is 1. The van der Waals surface area contributed by atoms with Gasteiger partial charge in [0.15, 0.2) is 5.82 Å². The first kappa shape index (κ1) is 16.3. The number of likely N-dealkylation sites (tertiary alicyclic amines) is 1. The highest BCUT2D eigenvalue weighted by molar-refractivity contribution is 5.93. The third-order valence-corrected chi connectivity index (χ3v) is 4.53. The molecule has 1 fully saturated rings. The Morgan fingerprint density at radius 1 is 1.23 bits per heavy atom. The van der Waals surface area contributed by atoms with Crippen LogP contribution in [0.3, 0.4) is 0 Å². The molecule has 4 heterocycles. The van der Waals surface area contributed by atoms with Gasteiger partial charge in [-0.1, -0.05) is 5.16 Å². The van der Waals surface area contributed by atoms with Gasteiger partial charge < -0.3 is 9.42 Å². The number of hydrogen-bond acceptors (Lipinski definition) is 7. The third-order valence-electron chi connectivity index (χ3n) is 4.53. The van der Waals surface area contributed by atoms with Crippen molar-refractivity contribution in [1.29, 1.82) is 0 Å². The van der Waals surface area contributed by atoms with Crippen LogP contribution in [0.25, 0.3) is 11.5 Å². The van der Waals surface area contributed by atoms with Crippen LogP contribution in [0.5, 0.6) is 0 Å². The number of pyridine rings is 1. The van der Waals surface area contributed by atoms with Crippen LogP contribution in [-0.2, 0) is 6.42 Å². The Bertz CT molecular complexity index is 868. The van der Waals surface area contributed by atoms with Crippen molar-refractivity contribution in [3.8, 4) is 11.5 Å². The largest absolute Gasteiger partial charge is 0.338 e. The van der Waals surface area contributed by atoms with Crippen molar-refractivity contribution in [3.05, 3.63) is 54.6 Å². The molecule has 3 aromatic heterocycles. The first-order chi connectivity index (χ1) is 12.8. The van der Waals surface area contributed by atoms with Gasteiger partial charge in [-0.2, -0.15) is 4.98 Å². The molecular weight excluding hydrogens is 332 g/mol. The summed E-state index contributed by atoms with van der Waals surface area (Å²) in [6, 6.07) is 3.72. The van der Waals surface area contributed by atoms with Gasteiger partial charge in [0.25, 0.3) is 11.8 Å². The molecule has 0 saturated carbocycles. The Balaban J connectivity index is 1.31. The predicted octanol–water partition coefficient (Wildman–Crippen LogP) is 2.02. The number of carbonyl (C=O) groups excluding carboxylic acids is 1. The SMILES string of the molecule is O=C(c1cncnc1)N1CCC(CCc2noc(-c3cccnc3)n2)C1. The molecule has 132 valence electrons. The Kier molecular flexibility index (Phi) is 4.63. The van der Waals surface area contributed by atoms with E-state index in [2.05, 4.69) is 25.1 Å². The van der Waals surface area contributed by atoms with Crippen molar-refractivity contribution in [3.63, 3.8) is 0 Å². The summed E-state index contributed by atoms with van der Waals surface area (Å²) in [7, 11) is 0. The van der Waals surface area contributed by atoms with Gasteiger partial charge in [-0.15, -0.1) is 0 Å². The van der Waals surface area contributed by atoms with Gasteiger partial charge in [-0.25, -0.2) is 9.97 Å². The van der Waals surface area contributed by atoms with E-state index in [-0.39, 0.29) is 5.91 Å². The summed E-state index contributed by atoms with van der Waals surface area (Å²) in [5.74, 6) is 1.60. The van der Waals surface area contributed by atoms with Gasteiger partial charge in [-0.05, 0) is 30.9 Å². The highest BCUT2D eigenvalue weighted by atomic mass is 16.5. The topological polar surface area (TPSA) is 97.9 Å². The van der Waals surface area contributed by atoms with Crippen molar-refractivity contribution in [2.45, 2.75) is 19.3 Å². The quantitative estimate of drug-likeness (QED) is 0.694. The van der Waals surface area contributed by atoms with E-state index in [4.69, 9.17) is 4.52 Å². The Morgan fingerprint density at radius 2 is 2.12 bits per heavy atom. The normalized spacial score (nSPS) is 16.8. The molecule has 0 N–H and O–H groups in total. The fourth-order valence-corrected chi connectivity index (χ4v) is 3.14. The van der Waals surface area contributed by atoms with Crippen molar-refractivity contribution >= 4 is 5.91 Å². The lowest BCUT2D eigenvalue weighted by molar-refractivity contribution is 0.0785. The van der Waals surface area contributed by atoms with E-state index in [1.807, 2.05) is 17.0 Å². The maximum atomic E-state index is 12.4. The van der Waals surface area contributed by atoms with Crippen LogP contribution in [0, 0.1) is 5.92 Å². The summed E-state index contributed by atoms with van der Waals surface area (Å²) in [4.78, 5) is 30.6. The Hall–Kier alpha value is -3.16. The highest BCUT2D eigenvalue weighted by Gasteiger charge is 2.27. The first-order valence-corrected chi connectivity index (χ1v) is 8.57. The minimum Gasteiger partial charge on any atom is -0.338 e. The second-order valence-electron chi connectivity index (χ2n) is 6.33. The van der Waals surface area contributed by atoms with Gasteiger partial charge >= 0.3 is 0 Å². The van der Waals surface area contributed by atoms with Crippen molar-refractivity contribution < 1.29 is 9.32 Å². The summed E-state index contributed by atoms with van der Waals surface area (Å²) in [6.07, 6.45) is 10.6. The molecule has 8 nitrogen and oxygen atoms in total. The number of amides is 1. The molecule has 1 aliphatic heterocycles. The van der Waals surface area contributed by atoms with E-state index in [0.717, 1.165) is 37.9 Å². The number of carbonyl (C=O) groups is 1. The van der Waals surface area contributed by atoms with E-state index in [1.165, 1.54) is 6.33 Å². The standard InChI is InChI=1S/C18H18N6O2/c25-18(15-9-20-12-21-10-15)24-7-5-13(11-24)3-4-16-22-17(26-23-16)14-2-1-6-19-8-14/h1-2,6,8-10,12-13H,3-5,7,11H2. The molecule has 1 amide bonds. The van der Waals surface area contributed by atoms with Crippen LogP contribution in [0.4, 0.5) is 0 Å². The lowest BCUT2D eigenvalue weighted by atomic mass is 10.0. The second kappa shape index (κ2) is 7.38. The molecule has 26 heavy (non-hydrogen) atoms. The van der Waals surface area contributed by atoms with Gasteiger partial charge in [0, 0.05) is 44.3 Å². The average Bonchev–Trinajstić information content (AvgIpc) is 3.37. The average molecular weight is 350 g/mol. The lowest BCUT2D eigenvalue weighted by Gasteiger charge is -2.15. The molecule has 0 bridgehead atoms. The predicted molar refractivity (Wildman–Crippen MR) is 91.9 cm³/mol. The maximum Gasteiger partial charge on any atom is 0.259 e. The molecule has 4 rings (SSSR count). The van der Waals surface area contributed by atoms with Gasteiger partial charge in [0.2, 0.25) is 0 Å². The lowest BCUT2D eigenvalue weighted by Crippen LogP contribution is -2.28. The zero-order chi connectivity index (χ0) is 17.8. The molecule has 1 atom stereocenters. The van der Waals surface area contributed by atoms with Crippen molar-refractivity contribution in [2.24, 2.45) is 5.92 Å². The van der Waals surface area contributed by atoms with Crippen LogP contribution in [0.1, 0.15) is 29.0 Å². The summed E-state index contributed by atoms with van der Waals surface area (Å²) < 4.78 is 5.30. The van der Waals surface area contributed by atoms with E-state index in [0.29, 0.717) is 23.2 Å². The van der Waals surface area contributed by atoms with Crippen molar-refractivity contribution in [1.82, 2.24) is 30.0 Å².